The summed E-state index contributed by atoms with van der Waals surface area (Å²) in [6, 6.07) is 0. The van der Waals surface area contributed by atoms with Gasteiger partial charge in [-0.3, -0.25) is 0 Å². The number of unbranched alkanes of at least 4 members (excludes halogenated alkanes) is 15. The van der Waals surface area contributed by atoms with Crippen molar-refractivity contribution in [2.75, 3.05) is 0 Å². The van der Waals surface area contributed by atoms with Crippen LogP contribution >= 0.6 is 0 Å². The van der Waals surface area contributed by atoms with Gasteiger partial charge in [0.1, 0.15) is 0 Å². The smallest absolute Gasteiger partial charge is 0.169 e. The van der Waals surface area contributed by atoms with Gasteiger partial charge in [0, 0.05) is 12.8 Å². The van der Waals surface area contributed by atoms with E-state index in [0.717, 1.165) is 38.5 Å². The van der Waals surface area contributed by atoms with Gasteiger partial charge in [-0.15, -0.1) is 0 Å². The minimum atomic E-state index is -0.267. The van der Waals surface area contributed by atoms with E-state index in [0.29, 0.717) is 12.2 Å². The molecule has 0 bridgehead atoms. The highest BCUT2D eigenvalue weighted by Crippen LogP contribution is 2.43. The van der Waals surface area contributed by atoms with E-state index in [-0.39, 0.29) is 5.79 Å². The predicted molar refractivity (Wildman–Crippen MR) is 194 cm³/mol. The van der Waals surface area contributed by atoms with Gasteiger partial charge >= 0.3 is 0 Å². The lowest BCUT2D eigenvalue weighted by molar-refractivity contribution is -0.190. The van der Waals surface area contributed by atoms with Crippen LogP contribution < -0.4 is 0 Å². The van der Waals surface area contributed by atoms with Gasteiger partial charge in [0.2, 0.25) is 0 Å². The largest absolute Gasteiger partial charge is 0.344 e. The molecule has 0 spiro atoms. The Bertz CT molecular complexity index is 776. The summed E-state index contributed by atoms with van der Waals surface area (Å²) < 4.78 is 13.3. The van der Waals surface area contributed by atoms with Crippen LogP contribution in [0.4, 0.5) is 0 Å². The molecule has 44 heavy (non-hydrogen) atoms. The number of hydrogen-bond donors (Lipinski definition) is 0. The molecule has 0 radical (unpaired) electrons. The first-order chi connectivity index (χ1) is 21.8. The highest BCUT2D eigenvalue weighted by Gasteiger charge is 2.48. The zero-order valence-electron chi connectivity index (χ0n) is 29.3. The monoisotopic (exact) mass is 609 g/mol. The molecule has 3 atom stereocenters. The van der Waals surface area contributed by atoms with Crippen LogP contribution in [0.25, 0.3) is 0 Å². The Morgan fingerprint density at radius 1 is 0.455 bits per heavy atom. The number of allylic oxidation sites excluding steroid dienone is 10. The van der Waals surface area contributed by atoms with E-state index in [4.69, 9.17) is 9.47 Å². The minimum absolute atomic E-state index is 0.267. The average molecular weight is 609 g/mol. The number of hydrogen-bond acceptors (Lipinski definition) is 2. The van der Waals surface area contributed by atoms with Crippen molar-refractivity contribution < 1.29 is 9.47 Å². The Kier molecular flexibility index (Phi) is 24.6. The summed E-state index contributed by atoms with van der Waals surface area (Å²) in [6.07, 6.45) is 57.9. The van der Waals surface area contributed by atoms with Crippen molar-refractivity contribution in [3.8, 4) is 0 Å². The zero-order valence-corrected chi connectivity index (χ0v) is 29.3. The summed E-state index contributed by atoms with van der Waals surface area (Å²) in [4.78, 5) is 0. The van der Waals surface area contributed by atoms with Crippen LogP contribution in [-0.4, -0.2) is 18.0 Å². The fourth-order valence-electron chi connectivity index (χ4n) is 6.67. The van der Waals surface area contributed by atoms with Gasteiger partial charge in [-0.25, -0.2) is 0 Å². The number of rotatable bonds is 29. The Morgan fingerprint density at radius 2 is 0.841 bits per heavy atom. The second-order valence-corrected chi connectivity index (χ2v) is 13.4. The van der Waals surface area contributed by atoms with Crippen molar-refractivity contribution in [3.05, 3.63) is 60.8 Å². The van der Waals surface area contributed by atoms with Gasteiger partial charge in [0.25, 0.3) is 0 Å². The van der Waals surface area contributed by atoms with Crippen LogP contribution in [0.3, 0.4) is 0 Å². The molecule has 2 heteroatoms. The third kappa shape index (κ3) is 19.9. The van der Waals surface area contributed by atoms with E-state index < -0.39 is 0 Å². The Morgan fingerprint density at radius 3 is 1.30 bits per heavy atom. The molecule has 1 heterocycles. The lowest BCUT2D eigenvalue weighted by Gasteiger charge is -2.29. The summed E-state index contributed by atoms with van der Waals surface area (Å²) in [7, 11) is 0. The molecule has 0 N–H and O–H groups in total. The van der Waals surface area contributed by atoms with Gasteiger partial charge in [-0.1, -0.05) is 139 Å². The molecular weight excluding hydrogens is 536 g/mol. The summed E-state index contributed by atoms with van der Waals surface area (Å²) in [6.45, 7) is 4.45. The molecule has 1 aliphatic carbocycles. The van der Waals surface area contributed by atoms with Crippen LogP contribution in [0.15, 0.2) is 60.8 Å². The molecule has 2 fully saturated rings. The Hall–Kier alpha value is -1.38. The van der Waals surface area contributed by atoms with Crippen LogP contribution in [0, 0.1) is 0 Å². The maximum absolute atomic E-state index is 6.67. The van der Waals surface area contributed by atoms with Crippen molar-refractivity contribution in [1.82, 2.24) is 0 Å². The SMILES string of the molecule is CC/C=C\C/C=C\C/C=C\CCCCCCCCC1(CCCCCCCC/C=C\C/C=C\CCCCC)O[C@H]2CCC[C@H]2O1. The fourth-order valence-corrected chi connectivity index (χ4v) is 6.67. The highest BCUT2D eigenvalue weighted by molar-refractivity contribution is 4.97. The molecule has 0 amide bonds. The molecule has 2 nitrogen and oxygen atoms in total. The molecule has 1 aliphatic heterocycles. The van der Waals surface area contributed by atoms with E-state index in [9.17, 15) is 0 Å². The van der Waals surface area contributed by atoms with Crippen LogP contribution in [-0.2, 0) is 9.47 Å². The number of ether oxygens (including phenoxy) is 2. The summed E-state index contributed by atoms with van der Waals surface area (Å²) in [5, 5.41) is 0. The van der Waals surface area contributed by atoms with Crippen molar-refractivity contribution in [2.24, 2.45) is 0 Å². The second-order valence-electron chi connectivity index (χ2n) is 13.4. The molecule has 1 saturated heterocycles. The van der Waals surface area contributed by atoms with E-state index in [1.807, 2.05) is 0 Å². The summed E-state index contributed by atoms with van der Waals surface area (Å²) in [5.41, 5.74) is 0. The Labute approximate surface area is 274 Å². The molecule has 0 aromatic heterocycles. The summed E-state index contributed by atoms with van der Waals surface area (Å²) in [5.74, 6) is -0.267. The van der Waals surface area contributed by atoms with Gasteiger partial charge in [0.05, 0.1) is 12.2 Å². The van der Waals surface area contributed by atoms with Gasteiger partial charge in [-0.2, -0.15) is 0 Å². The second kappa shape index (κ2) is 27.9. The van der Waals surface area contributed by atoms with E-state index in [1.54, 1.807) is 0 Å². The lowest BCUT2D eigenvalue weighted by atomic mass is 9.98. The van der Waals surface area contributed by atoms with E-state index in [2.05, 4.69) is 74.6 Å². The third-order valence-electron chi connectivity index (χ3n) is 9.34. The van der Waals surface area contributed by atoms with Gasteiger partial charge in [0.15, 0.2) is 5.79 Å². The molecule has 2 aliphatic rings. The zero-order chi connectivity index (χ0) is 31.2. The van der Waals surface area contributed by atoms with Crippen molar-refractivity contribution >= 4 is 0 Å². The first-order valence-corrected chi connectivity index (χ1v) is 19.4. The molecule has 0 aromatic rings. The first kappa shape index (κ1) is 38.8. The third-order valence-corrected chi connectivity index (χ3v) is 9.34. The first-order valence-electron chi connectivity index (χ1n) is 19.4. The standard InChI is InChI=1S/C42H72O2/c1-3-5-7-9-11-13-15-17-19-21-23-25-27-29-31-33-38-42(43-40-36-35-37-41(40)44-42)39-34-32-30-28-26-24-22-20-18-16-14-12-10-8-6-4-2/h5,7,11-14,17-20,40-41H,3-4,6,8-10,15-16,21-39H2,1-2H3/b7-5-,13-11-,14-12-,19-17-,20-18-/t40-,41+,42?. The molecule has 252 valence electrons. The molecule has 1 saturated carbocycles. The quantitative estimate of drug-likeness (QED) is 0.0621. The van der Waals surface area contributed by atoms with Crippen LogP contribution in [0.2, 0.25) is 0 Å². The maximum Gasteiger partial charge on any atom is 0.169 e. The molecule has 2 rings (SSSR count). The fraction of sp³-hybridized carbons (Fsp3) is 0.762. The van der Waals surface area contributed by atoms with Gasteiger partial charge in [-0.05, 0) is 96.3 Å². The van der Waals surface area contributed by atoms with Gasteiger partial charge < -0.3 is 9.47 Å². The topological polar surface area (TPSA) is 18.5 Å². The normalized spacial score (nSPS) is 22.3. The molecule has 0 aromatic carbocycles. The number of fused-ring (bicyclic) bond motifs is 1. The van der Waals surface area contributed by atoms with Crippen LogP contribution in [0.5, 0.6) is 0 Å². The lowest BCUT2D eigenvalue weighted by Crippen LogP contribution is -2.31. The van der Waals surface area contributed by atoms with E-state index in [1.165, 1.54) is 135 Å². The average Bonchev–Trinajstić information content (AvgIpc) is 3.60. The Balaban J connectivity index is 1.47. The molecule has 1 unspecified atom stereocenters. The summed E-state index contributed by atoms with van der Waals surface area (Å²) >= 11 is 0. The van der Waals surface area contributed by atoms with Crippen molar-refractivity contribution in [3.63, 3.8) is 0 Å². The highest BCUT2D eigenvalue weighted by atomic mass is 16.8. The van der Waals surface area contributed by atoms with Crippen molar-refractivity contribution in [1.29, 1.82) is 0 Å². The molecular formula is C42H72O2. The van der Waals surface area contributed by atoms with E-state index >= 15 is 0 Å². The van der Waals surface area contributed by atoms with Crippen molar-refractivity contribution in [2.45, 2.75) is 205 Å². The predicted octanol–water partition coefficient (Wildman–Crippen LogP) is 13.8. The maximum atomic E-state index is 6.67. The minimum Gasteiger partial charge on any atom is -0.344 e. The van der Waals surface area contributed by atoms with Crippen LogP contribution in [0.1, 0.15) is 187 Å².